The summed E-state index contributed by atoms with van der Waals surface area (Å²) in [6.45, 7) is 4.62. The monoisotopic (exact) mass is 354 g/mol. The average Bonchev–Trinajstić information content (AvgIpc) is 1.89. The first-order valence-electron chi connectivity index (χ1n) is 3.00. The van der Waals surface area contributed by atoms with Crippen LogP contribution in [0.5, 0.6) is 0 Å². The molecule has 0 radical (unpaired) electrons. The van der Waals surface area contributed by atoms with E-state index in [9.17, 15) is 0 Å². The van der Waals surface area contributed by atoms with Crippen molar-refractivity contribution in [2.24, 2.45) is 0 Å². The molecule has 0 aliphatic heterocycles. The lowest BCUT2D eigenvalue weighted by atomic mass is 10.2. The van der Waals surface area contributed by atoms with Crippen molar-refractivity contribution in [3.63, 3.8) is 0 Å². The molecule has 0 aromatic heterocycles. The van der Waals surface area contributed by atoms with Gasteiger partial charge in [-0.3, -0.25) is 0 Å². The molecule has 0 saturated carbocycles. The van der Waals surface area contributed by atoms with E-state index in [-0.39, 0.29) is 20.7 Å². The van der Waals surface area contributed by atoms with Gasteiger partial charge in [0.05, 0.1) is 0 Å². The minimum atomic E-state index is 0.235. The molecule has 0 amide bonds. The van der Waals surface area contributed by atoms with Crippen LogP contribution >= 0.6 is 43.3 Å². The zero-order valence-corrected chi connectivity index (χ0v) is 10.3. The molecule has 0 aliphatic carbocycles. The van der Waals surface area contributed by atoms with E-state index >= 15 is 0 Å². The van der Waals surface area contributed by atoms with Gasteiger partial charge < -0.3 is 5.73 Å². The van der Waals surface area contributed by atoms with Crippen LogP contribution in [0.3, 0.4) is 0 Å². The maximum atomic E-state index is 3.79. The highest BCUT2D eigenvalue weighted by Gasteiger charge is 2.17. The Bertz CT molecular complexity index is 97.2. The third kappa shape index (κ3) is 3.87. The predicted molar refractivity (Wildman–Crippen MR) is 60.6 cm³/mol. The molecular formula is C6H14I2N+. The summed E-state index contributed by atoms with van der Waals surface area (Å²) in [5.41, 5.74) is 3.79. The highest BCUT2D eigenvalue weighted by Crippen LogP contribution is 2.28. The van der Waals surface area contributed by atoms with Gasteiger partial charge in [-0.05, 0) is 6.42 Å². The first-order valence-corrected chi connectivity index (χ1v) is 6.85. The lowest BCUT2D eigenvalue weighted by Crippen LogP contribution is -2.46. The number of hydrogen-bond acceptors (Lipinski definition) is 0. The average molecular weight is 354 g/mol. The van der Waals surface area contributed by atoms with Crippen LogP contribution in [-0.2, 0) is 0 Å². The van der Waals surface area contributed by atoms with Crippen LogP contribution in [0.2, 0.25) is 0 Å². The fraction of sp³-hybridized carbons (Fsp3) is 0.833. The molecule has 3 heteroatoms. The Hall–Kier alpha value is 1.29. The zero-order valence-electron chi connectivity index (χ0n) is 5.95. The van der Waals surface area contributed by atoms with Gasteiger partial charge in [-0.2, -0.15) is 0 Å². The van der Waals surface area contributed by atoms with Gasteiger partial charge in [0.15, 0.2) is 0 Å². The van der Waals surface area contributed by atoms with E-state index in [1.807, 2.05) is 0 Å². The number of quaternary nitrogens is 1. The van der Waals surface area contributed by atoms with Crippen LogP contribution < -0.4 is 5.73 Å². The van der Waals surface area contributed by atoms with Crippen molar-refractivity contribution in [1.82, 2.24) is 0 Å². The lowest BCUT2D eigenvalue weighted by molar-refractivity contribution is -0.194. The van der Waals surface area contributed by atoms with Gasteiger partial charge in [0, 0.05) is 7.85 Å². The first-order chi connectivity index (χ1) is 4.18. The van der Waals surface area contributed by atoms with Gasteiger partial charge in [-0.25, -0.2) is 0 Å². The second kappa shape index (κ2) is 5.01. The molecule has 1 atom stereocenters. The molecule has 0 heterocycles. The van der Waals surface area contributed by atoms with Crippen LogP contribution in [0, 0.1) is 0 Å². The summed E-state index contributed by atoms with van der Waals surface area (Å²) in [7, 11) is 0. The highest BCUT2D eigenvalue weighted by atomic mass is 127. The minimum absolute atomic E-state index is 0.235. The third-order valence-corrected chi connectivity index (χ3v) is 7.59. The SMILES string of the molecule is CCC(C)(CI)I=C[NH3+]. The molecule has 0 spiro atoms. The van der Waals surface area contributed by atoms with E-state index in [0.29, 0.717) is 3.42 Å². The maximum absolute atomic E-state index is 3.79. The van der Waals surface area contributed by atoms with E-state index in [2.05, 4.69) is 46.3 Å². The van der Waals surface area contributed by atoms with E-state index in [4.69, 9.17) is 0 Å². The summed E-state index contributed by atoms with van der Waals surface area (Å²) in [5, 5.41) is 0. The van der Waals surface area contributed by atoms with Gasteiger partial charge in [0.2, 0.25) is 0 Å². The number of halogens is 2. The Morgan fingerprint density at radius 1 is 1.78 bits per heavy atom. The van der Waals surface area contributed by atoms with E-state index < -0.39 is 0 Å². The number of hydrogen-bond donors (Lipinski definition) is 1. The van der Waals surface area contributed by atoms with Crippen molar-refractivity contribution in [2.45, 2.75) is 23.7 Å². The molecule has 0 fully saturated rings. The third-order valence-electron chi connectivity index (χ3n) is 1.36. The predicted octanol–water partition coefficient (Wildman–Crippen LogP) is 1.56. The zero-order chi connectivity index (χ0) is 7.33. The molecule has 1 nitrogen and oxygen atoms in total. The van der Waals surface area contributed by atoms with Crippen molar-refractivity contribution < 1.29 is 5.73 Å². The van der Waals surface area contributed by atoms with Gasteiger partial charge in [-0.1, -0.05) is 57.2 Å². The summed E-state index contributed by atoms with van der Waals surface area (Å²) >= 11 is 2.70. The van der Waals surface area contributed by atoms with E-state index in [0.717, 1.165) is 0 Å². The van der Waals surface area contributed by atoms with Crippen molar-refractivity contribution in [2.75, 3.05) is 4.43 Å². The Morgan fingerprint density at radius 2 is 2.33 bits per heavy atom. The fourth-order valence-corrected chi connectivity index (χ4v) is 3.71. The Balaban J connectivity index is 3.92. The molecule has 0 aliphatic rings. The standard InChI is InChI=1S/C6H13I2N/c1-3-6(2,4-7)8-5-9/h5H,3-4,9H2,1-2H3/p+1. The Kier molecular flexibility index (Phi) is 5.73. The van der Waals surface area contributed by atoms with Crippen molar-refractivity contribution >= 4 is 47.5 Å². The number of alkyl halides is 2. The van der Waals surface area contributed by atoms with Gasteiger partial charge in [0.25, 0.3) is 0 Å². The normalized spacial score (nSPS) is 19.1. The summed E-state index contributed by atoms with van der Waals surface area (Å²) in [5.74, 6) is 0. The highest BCUT2D eigenvalue weighted by molar-refractivity contribution is 14.2. The van der Waals surface area contributed by atoms with Gasteiger partial charge in [0.1, 0.15) is 4.14 Å². The summed E-state index contributed by atoms with van der Waals surface area (Å²) < 4.78 is 4.02. The van der Waals surface area contributed by atoms with Crippen LogP contribution in [0.1, 0.15) is 20.3 Å². The van der Waals surface area contributed by atoms with Gasteiger partial charge in [-0.15, -0.1) is 0 Å². The molecule has 3 N–H and O–H groups in total. The summed E-state index contributed by atoms with van der Waals surface area (Å²) in [6, 6.07) is 0. The Labute approximate surface area is 80.7 Å². The van der Waals surface area contributed by atoms with Crippen LogP contribution in [-0.4, -0.2) is 12.0 Å². The molecule has 0 aromatic carbocycles. The second-order valence-electron chi connectivity index (χ2n) is 2.16. The van der Waals surface area contributed by atoms with Crippen LogP contribution in [0.15, 0.2) is 0 Å². The fourth-order valence-electron chi connectivity index (χ4n) is 0.387. The Morgan fingerprint density at radius 3 is 2.44 bits per heavy atom. The van der Waals surface area contributed by atoms with Crippen molar-refractivity contribution in [3.8, 4) is 0 Å². The molecule has 0 saturated heterocycles. The smallest absolute Gasteiger partial charge is 0.119 e. The quantitative estimate of drug-likeness (QED) is 0.589. The van der Waals surface area contributed by atoms with E-state index in [1.165, 1.54) is 10.8 Å². The van der Waals surface area contributed by atoms with Gasteiger partial charge >= 0.3 is 0 Å². The summed E-state index contributed by atoms with van der Waals surface area (Å²) in [4.78, 5) is 0. The molecule has 0 bridgehead atoms. The topological polar surface area (TPSA) is 27.6 Å². The first kappa shape index (κ1) is 10.3. The molecule has 9 heavy (non-hydrogen) atoms. The lowest BCUT2D eigenvalue weighted by Gasteiger charge is -2.17. The number of rotatable bonds is 3. The largest absolute Gasteiger partial charge is 0.327 e. The molecule has 1 unspecified atom stereocenters. The van der Waals surface area contributed by atoms with Crippen molar-refractivity contribution in [1.29, 1.82) is 0 Å². The molecule has 0 aromatic rings. The second-order valence-corrected chi connectivity index (χ2v) is 7.03. The molecule has 0 rings (SSSR count). The maximum Gasteiger partial charge on any atom is 0.119 e. The van der Waals surface area contributed by atoms with E-state index in [1.54, 1.807) is 0 Å². The summed E-state index contributed by atoms with van der Waals surface area (Å²) in [6.07, 6.45) is 1.30. The van der Waals surface area contributed by atoms with Crippen LogP contribution in [0.25, 0.3) is 0 Å². The van der Waals surface area contributed by atoms with Crippen LogP contribution in [0.4, 0.5) is 0 Å². The van der Waals surface area contributed by atoms with Crippen molar-refractivity contribution in [3.05, 3.63) is 0 Å². The molecular weight excluding hydrogens is 340 g/mol. The molecule has 56 valence electrons. The minimum Gasteiger partial charge on any atom is -0.327 e.